The molecule has 0 saturated heterocycles. The number of thioether (sulfide) groups is 1. The molecule has 0 aliphatic heterocycles. The van der Waals surface area contributed by atoms with Gasteiger partial charge in [-0.25, -0.2) is 0 Å². The second-order valence-electron chi connectivity index (χ2n) is 4.28. The molecule has 5 heteroatoms. The molecule has 0 spiro atoms. The van der Waals surface area contributed by atoms with Gasteiger partial charge in [0.1, 0.15) is 0 Å². The maximum Gasteiger partial charge on any atom is 0.255 e. The van der Waals surface area contributed by atoms with E-state index in [0.29, 0.717) is 16.9 Å². The van der Waals surface area contributed by atoms with E-state index in [1.165, 1.54) is 0 Å². The summed E-state index contributed by atoms with van der Waals surface area (Å²) < 4.78 is 0. The molecule has 1 atom stereocenters. The van der Waals surface area contributed by atoms with Crippen molar-refractivity contribution in [3.63, 3.8) is 0 Å². The zero-order valence-electron chi connectivity index (χ0n) is 11.1. The maximum atomic E-state index is 12.3. The third kappa shape index (κ3) is 3.32. The highest BCUT2D eigenvalue weighted by atomic mass is 32.2. The second kappa shape index (κ2) is 6.54. The van der Waals surface area contributed by atoms with Crippen molar-refractivity contribution in [2.75, 3.05) is 30.5 Å². The van der Waals surface area contributed by atoms with Crippen LogP contribution < -0.4 is 11.5 Å². The average molecular weight is 267 g/mol. The Morgan fingerprint density at radius 1 is 1.44 bits per heavy atom. The summed E-state index contributed by atoms with van der Waals surface area (Å²) in [6, 6.07) is 5.24. The normalized spacial score (nSPS) is 12.2. The smallest absolute Gasteiger partial charge is 0.255 e. The summed E-state index contributed by atoms with van der Waals surface area (Å²) in [4.78, 5) is 14.1. The van der Waals surface area contributed by atoms with Crippen LogP contribution in [0.5, 0.6) is 0 Å². The summed E-state index contributed by atoms with van der Waals surface area (Å²) in [5, 5.41) is 0. The highest BCUT2D eigenvalue weighted by Crippen LogP contribution is 2.19. The third-order valence-electron chi connectivity index (χ3n) is 3.00. The van der Waals surface area contributed by atoms with Crippen molar-refractivity contribution in [2.45, 2.75) is 19.4 Å². The van der Waals surface area contributed by atoms with Crippen LogP contribution in [0.1, 0.15) is 23.7 Å². The number of nitrogens with two attached hydrogens (primary N) is 2. The standard InChI is InChI=1S/C13H21N3OS/c1-4-10(8-18-3)16(2)13(17)11-6-5-9(14)7-12(11)15/h5-7,10H,4,8,14-15H2,1-3H3. The molecule has 4 nitrogen and oxygen atoms in total. The number of benzene rings is 1. The van der Waals surface area contributed by atoms with Gasteiger partial charge in [-0.3, -0.25) is 4.79 Å². The predicted molar refractivity (Wildman–Crippen MR) is 79.8 cm³/mol. The minimum atomic E-state index is -0.0478. The molecule has 0 aromatic heterocycles. The molecular weight excluding hydrogens is 246 g/mol. The molecule has 0 heterocycles. The summed E-state index contributed by atoms with van der Waals surface area (Å²) in [6.07, 6.45) is 2.97. The van der Waals surface area contributed by atoms with E-state index >= 15 is 0 Å². The van der Waals surface area contributed by atoms with Gasteiger partial charge >= 0.3 is 0 Å². The van der Waals surface area contributed by atoms with Crippen LogP contribution >= 0.6 is 11.8 Å². The molecular formula is C13H21N3OS. The van der Waals surface area contributed by atoms with Gasteiger partial charge in [0, 0.05) is 30.2 Å². The van der Waals surface area contributed by atoms with E-state index in [-0.39, 0.29) is 11.9 Å². The van der Waals surface area contributed by atoms with Gasteiger partial charge in [0.15, 0.2) is 0 Å². The first-order valence-corrected chi connectivity index (χ1v) is 7.31. The molecule has 1 aromatic carbocycles. The van der Waals surface area contributed by atoms with Gasteiger partial charge in [-0.05, 0) is 30.9 Å². The van der Waals surface area contributed by atoms with Gasteiger partial charge in [-0.15, -0.1) is 0 Å². The quantitative estimate of drug-likeness (QED) is 0.801. The molecule has 1 amide bonds. The highest BCUT2D eigenvalue weighted by Gasteiger charge is 2.20. The monoisotopic (exact) mass is 267 g/mol. The van der Waals surface area contributed by atoms with Crippen LogP contribution in [-0.2, 0) is 0 Å². The maximum absolute atomic E-state index is 12.3. The van der Waals surface area contributed by atoms with Crippen molar-refractivity contribution in [1.29, 1.82) is 0 Å². The van der Waals surface area contributed by atoms with Gasteiger partial charge in [-0.2, -0.15) is 11.8 Å². The molecule has 4 N–H and O–H groups in total. The topological polar surface area (TPSA) is 72.3 Å². The summed E-state index contributed by atoms with van der Waals surface area (Å²) in [6.45, 7) is 2.08. The van der Waals surface area contributed by atoms with Crippen LogP contribution in [0.2, 0.25) is 0 Å². The zero-order chi connectivity index (χ0) is 13.7. The van der Waals surface area contributed by atoms with Crippen LogP contribution in [0, 0.1) is 0 Å². The third-order valence-corrected chi connectivity index (χ3v) is 3.72. The summed E-state index contributed by atoms with van der Waals surface area (Å²) in [5.74, 6) is 0.876. The van der Waals surface area contributed by atoms with Crippen molar-refractivity contribution in [2.24, 2.45) is 0 Å². The second-order valence-corrected chi connectivity index (χ2v) is 5.19. The van der Waals surface area contributed by atoms with Crippen LogP contribution in [0.15, 0.2) is 18.2 Å². The van der Waals surface area contributed by atoms with Crippen LogP contribution in [-0.4, -0.2) is 35.9 Å². The molecule has 0 aliphatic rings. The van der Waals surface area contributed by atoms with Gasteiger partial charge in [0.25, 0.3) is 5.91 Å². The average Bonchev–Trinajstić information content (AvgIpc) is 2.34. The fourth-order valence-electron chi connectivity index (χ4n) is 1.83. The largest absolute Gasteiger partial charge is 0.399 e. The van der Waals surface area contributed by atoms with Crippen LogP contribution in [0.4, 0.5) is 11.4 Å². The lowest BCUT2D eigenvalue weighted by molar-refractivity contribution is 0.0745. The minimum absolute atomic E-state index is 0.0478. The van der Waals surface area contributed by atoms with E-state index in [2.05, 4.69) is 6.92 Å². The van der Waals surface area contributed by atoms with E-state index in [1.54, 1.807) is 34.9 Å². The molecule has 0 fully saturated rings. The number of hydrogen-bond acceptors (Lipinski definition) is 4. The number of hydrogen-bond donors (Lipinski definition) is 2. The van der Waals surface area contributed by atoms with E-state index < -0.39 is 0 Å². The van der Waals surface area contributed by atoms with Crippen molar-refractivity contribution in [3.05, 3.63) is 23.8 Å². The molecule has 18 heavy (non-hydrogen) atoms. The van der Waals surface area contributed by atoms with Crippen molar-refractivity contribution < 1.29 is 4.79 Å². The number of nitrogens with zero attached hydrogens (tertiary/aromatic N) is 1. The number of amides is 1. The predicted octanol–water partition coefficient (Wildman–Crippen LogP) is 2.06. The summed E-state index contributed by atoms with van der Waals surface area (Å²) in [5.41, 5.74) is 13.0. The van der Waals surface area contributed by atoms with E-state index in [9.17, 15) is 4.79 Å². The van der Waals surface area contributed by atoms with Crippen molar-refractivity contribution in [1.82, 2.24) is 4.90 Å². The Kier molecular flexibility index (Phi) is 5.34. The summed E-state index contributed by atoms with van der Waals surface area (Å²) >= 11 is 1.74. The lowest BCUT2D eigenvalue weighted by Gasteiger charge is -2.27. The lowest BCUT2D eigenvalue weighted by Crippen LogP contribution is -2.38. The lowest BCUT2D eigenvalue weighted by atomic mass is 10.1. The Labute approximate surface area is 113 Å². The van der Waals surface area contributed by atoms with E-state index in [0.717, 1.165) is 12.2 Å². The van der Waals surface area contributed by atoms with Crippen LogP contribution in [0.3, 0.4) is 0 Å². The molecule has 100 valence electrons. The highest BCUT2D eigenvalue weighted by molar-refractivity contribution is 7.98. The van der Waals surface area contributed by atoms with Crippen molar-refractivity contribution in [3.8, 4) is 0 Å². The minimum Gasteiger partial charge on any atom is -0.399 e. The van der Waals surface area contributed by atoms with Gasteiger partial charge < -0.3 is 16.4 Å². The Morgan fingerprint density at radius 3 is 2.61 bits per heavy atom. The Morgan fingerprint density at radius 2 is 2.11 bits per heavy atom. The molecule has 0 saturated carbocycles. The molecule has 0 bridgehead atoms. The van der Waals surface area contributed by atoms with Crippen molar-refractivity contribution >= 4 is 29.0 Å². The SMILES string of the molecule is CCC(CSC)N(C)C(=O)c1ccc(N)cc1N. The number of anilines is 2. The number of carbonyl (C=O) groups excluding carboxylic acids is 1. The zero-order valence-corrected chi connectivity index (χ0v) is 12.0. The van der Waals surface area contributed by atoms with E-state index in [1.807, 2.05) is 13.3 Å². The first kappa shape index (κ1) is 14.7. The molecule has 0 radical (unpaired) electrons. The number of nitrogen functional groups attached to an aromatic ring is 2. The number of carbonyl (C=O) groups is 1. The van der Waals surface area contributed by atoms with Gasteiger partial charge in [0.2, 0.25) is 0 Å². The van der Waals surface area contributed by atoms with Gasteiger partial charge in [0.05, 0.1) is 5.56 Å². The molecule has 1 rings (SSSR count). The first-order chi connectivity index (χ1) is 8.51. The first-order valence-electron chi connectivity index (χ1n) is 5.92. The van der Waals surface area contributed by atoms with Gasteiger partial charge in [-0.1, -0.05) is 6.92 Å². The Hall–Kier alpha value is -1.36. The fourth-order valence-corrected chi connectivity index (χ4v) is 2.67. The molecule has 0 aliphatic carbocycles. The van der Waals surface area contributed by atoms with Crippen LogP contribution in [0.25, 0.3) is 0 Å². The number of rotatable bonds is 5. The van der Waals surface area contributed by atoms with E-state index in [4.69, 9.17) is 11.5 Å². The molecule has 1 unspecified atom stereocenters. The summed E-state index contributed by atoms with van der Waals surface area (Å²) in [7, 11) is 1.82. The Balaban J connectivity index is 2.91. The Bertz CT molecular complexity index is 423. The fraction of sp³-hybridized carbons (Fsp3) is 0.462. The molecule has 1 aromatic rings.